The standard InChI is InChI=1S/C13H23IO/c1-10-6-12(2,3)9-13(7-10)4-5-15-11(13)8-14/h10-11H,4-9H2,1-3H3. The molecule has 1 nitrogen and oxygen atoms in total. The molecule has 3 atom stereocenters. The second kappa shape index (κ2) is 4.17. The Hall–Kier alpha value is 0.690. The largest absolute Gasteiger partial charge is 0.377 e. The second-order valence-corrected chi connectivity index (χ2v) is 7.36. The zero-order chi connectivity index (χ0) is 11.1. The monoisotopic (exact) mass is 322 g/mol. The molecule has 3 unspecified atom stereocenters. The minimum Gasteiger partial charge on any atom is -0.377 e. The Morgan fingerprint density at radius 2 is 2.07 bits per heavy atom. The second-order valence-electron chi connectivity index (χ2n) is 6.48. The number of alkyl halides is 1. The quantitative estimate of drug-likeness (QED) is 0.523. The van der Waals surface area contributed by atoms with Crippen LogP contribution >= 0.6 is 22.6 Å². The molecule has 1 aliphatic carbocycles. The summed E-state index contributed by atoms with van der Waals surface area (Å²) in [5.74, 6) is 0.876. The molecule has 2 aliphatic rings. The highest BCUT2D eigenvalue weighted by Crippen LogP contribution is 2.55. The van der Waals surface area contributed by atoms with Gasteiger partial charge in [-0.05, 0) is 37.0 Å². The molecular weight excluding hydrogens is 299 g/mol. The molecule has 0 radical (unpaired) electrons. The molecular formula is C13H23IO. The van der Waals surface area contributed by atoms with Crippen molar-refractivity contribution in [3.8, 4) is 0 Å². The van der Waals surface area contributed by atoms with Gasteiger partial charge in [-0.3, -0.25) is 0 Å². The number of hydrogen-bond acceptors (Lipinski definition) is 1. The van der Waals surface area contributed by atoms with Crippen molar-refractivity contribution in [2.45, 2.75) is 52.6 Å². The summed E-state index contributed by atoms with van der Waals surface area (Å²) in [6.45, 7) is 8.29. The van der Waals surface area contributed by atoms with Gasteiger partial charge < -0.3 is 4.74 Å². The van der Waals surface area contributed by atoms with E-state index in [-0.39, 0.29) is 0 Å². The molecule has 0 aromatic heterocycles. The predicted molar refractivity (Wildman–Crippen MR) is 72.5 cm³/mol. The van der Waals surface area contributed by atoms with E-state index in [9.17, 15) is 0 Å². The molecule has 0 aromatic rings. The van der Waals surface area contributed by atoms with Crippen LogP contribution in [0.5, 0.6) is 0 Å². The third-order valence-corrected chi connectivity index (χ3v) is 5.03. The number of rotatable bonds is 1. The Bertz CT molecular complexity index is 239. The summed E-state index contributed by atoms with van der Waals surface area (Å²) in [5.41, 5.74) is 1.04. The van der Waals surface area contributed by atoms with Gasteiger partial charge >= 0.3 is 0 Å². The summed E-state index contributed by atoms with van der Waals surface area (Å²) < 4.78 is 7.10. The third kappa shape index (κ3) is 2.36. The lowest BCUT2D eigenvalue weighted by molar-refractivity contribution is -0.00949. The lowest BCUT2D eigenvalue weighted by atomic mass is 9.58. The van der Waals surface area contributed by atoms with Crippen molar-refractivity contribution < 1.29 is 4.74 Å². The normalized spacial score (nSPS) is 44.8. The fourth-order valence-electron chi connectivity index (χ4n) is 4.19. The SMILES string of the molecule is CC1CC(C)(C)CC2(CCOC2CI)C1. The maximum atomic E-state index is 5.93. The minimum absolute atomic E-state index is 0.516. The molecule has 88 valence electrons. The summed E-state index contributed by atoms with van der Waals surface area (Å²) in [6.07, 6.45) is 5.99. The average molecular weight is 322 g/mol. The van der Waals surface area contributed by atoms with Crippen LogP contribution in [-0.2, 0) is 4.74 Å². The molecule has 2 heteroatoms. The molecule has 0 amide bonds. The topological polar surface area (TPSA) is 9.23 Å². The van der Waals surface area contributed by atoms with Gasteiger partial charge in [0.15, 0.2) is 0 Å². The first-order valence-corrected chi connectivity index (χ1v) is 7.68. The highest BCUT2D eigenvalue weighted by atomic mass is 127. The zero-order valence-electron chi connectivity index (χ0n) is 10.2. The molecule has 0 aromatic carbocycles. The Labute approximate surface area is 107 Å². The van der Waals surface area contributed by atoms with Crippen LogP contribution in [0.3, 0.4) is 0 Å². The van der Waals surface area contributed by atoms with Gasteiger partial charge in [0.2, 0.25) is 0 Å². The van der Waals surface area contributed by atoms with Gasteiger partial charge in [-0.2, -0.15) is 0 Å². The maximum absolute atomic E-state index is 5.93. The number of ether oxygens (including phenoxy) is 1. The van der Waals surface area contributed by atoms with Crippen molar-refractivity contribution >= 4 is 22.6 Å². The summed E-state index contributed by atoms with van der Waals surface area (Å²) >= 11 is 2.50. The van der Waals surface area contributed by atoms with E-state index in [4.69, 9.17) is 4.74 Å². The highest BCUT2D eigenvalue weighted by Gasteiger charge is 2.50. The lowest BCUT2D eigenvalue weighted by Crippen LogP contribution is -2.42. The van der Waals surface area contributed by atoms with E-state index < -0.39 is 0 Å². The van der Waals surface area contributed by atoms with Crippen molar-refractivity contribution in [1.29, 1.82) is 0 Å². The van der Waals surface area contributed by atoms with Crippen LogP contribution in [0.4, 0.5) is 0 Å². The first-order chi connectivity index (χ1) is 6.97. The van der Waals surface area contributed by atoms with Gasteiger partial charge in [0.1, 0.15) is 0 Å². The molecule has 1 heterocycles. The van der Waals surface area contributed by atoms with E-state index in [1.165, 1.54) is 30.1 Å². The summed E-state index contributed by atoms with van der Waals surface area (Å²) in [5, 5.41) is 0. The number of hydrogen-bond donors (Lipinski definition) is 0. The Morgan fingerprint density at radius 1 is 1.33 bits per heavy atom. The van der Waals surface area contributed by atoms with Crippen molar-refractivity contribution in [3.05, 3.63) is 0 Å². The molecule has 1 saturated carbocycles. The van der Waals surface area contributed by atoms with E-state index in [0.717, 1.165) is 12.5 Å². The number of halogens is 1. The van der Waals surface area contributed by atoms with E-state index in [0.29, 0.717) is 16.9 Å². The fraction of sp³-hybridized carbons (Fsp3) is 1.00. The Balaban J connectivity index is 2.19. The minimum atomic E-state index is 0.516. The summed E-state index contributed by atoms with van der Waals surface area (Å²) in [6, 6.07) is 0. The Kier molecular flexibility index (Phi) is 3.38. The molecule has 1 saturated heterocycles. The van der Waals surface area contributed by atoms with E-state index in [1.807, 2.05) is 0 Å². The van der Waals surface area contributed by atoms with Crippen molar-refractivity contribution in [3.63, 3.8) is 0 Å². The first-order valence-electron chi connectivity index (χ1n) is 6.15. The fourth-order valence-corrected chi connectivity index (χ4v) is 5.38. The van der Waals surface area contributed by atoms with Crippen LogP contribution in [0.2, 0.25) is 0 Å². The predicted octanol–water partition coefficient (Wildman–Crippen LogP) is 4.04. The summed E-state index contributed by atoms with van der Waals surface area (Å²) in [4.78, 5) is 0. The smallest absolute Gasteiger partial charge is 0.0721 e. The molecule has 2 rings (SSSR count). The van der Waals surface area contributed by atoms with Crippen LogP contribution in [0.15, 0.2) is 0 Å². The van der Waals surface area contributed by atoms with Gasteiger partial charge in [-0.1, -0.05) is 43.4 Å². The third-order valence-electron chi connectivity index (χ3n) is 4.23. The van der Waals surface area contributed by atoms with E-state index in [2.05, 4.69) is 43.4 Å². The molecule has 0 N–H and O–H groups in total. The highest BCUT2D eigenvalue weighted by molar-refractivity contribution is 14.1. The van der Waals surface area contributed by atoms with Gasteiger partial charge in [0, 0.05) is 16.4 Å². The van der Waals surface area contributed by atoms with Crippen molar-refractivity contribution in [1.82, 2.24) is 0 Å². The maximum Gasteiger partial charge on any atom is 0.0721 e. The van der Waals surface area contributed by atoms with Crippen LogP contribution in [0.1, 0.15) is 46.5 Å². The van der Waals surface area contributed by atoms with Gasteiger partial charge in [-0.25, -0.2) is 0 Å². The first kappa shape index (κ1) is 12.2. The lowest BCUT2D eigenvalue weighted by Gasteiger charge is -2.47. The van der Waals surface area contributed by atoms with Gasteiger partial charge in [-0.15, -0.1) is 0 Å². The Morgan fingerprint density at radius 3 is 2.67 bits per heavy atom. The zero-order valence-corrected chi connectivity index (χ0v) is 12.3. The molecule has 0 bridgehead atoms. The van der Waals surface area contributed by atoms with Crippen molar-refractivity contribution in [2.24, 2.45) is 16.7 Å². The molecule has 2 fully saturated rings. The van der Waals surface area contributed by atoms with Crippen LogP contribution < -0.4 is 0 Å². The van der Waals surface area contributed by atoms with Crippen molar-refractivity contribution in [2.75, 3.05) is 11.0 Å². The van der Waals surface area contributed by atoms with Crippen LogP contribution in [-0.4, -0.2) is 17.1 Å². The van der Waals surface area contributed by atoms with Crippen LogP contribution in [0.25, 0.3) is 0 Å². The van der Waals surface area contributed by atoms with Gasteiger partial charge in [0.25, 0.3) is 0 Å². The van der Waals surface area contributed by atoms with Crippen LogP contribution in [0, 0.1) is 16.7 Å². The van der Waals surface area contributed by atoms with Gasteiger partial charge in [0.05, 0.1) is 6.10 Å². The summed E-state index contributed by atoms with van der Waals surface area (Å²) in [7, 11) is 0. The molecule has 15 heavy (non-hydrogen) atoms. The average Bonchev–Trinajstić information content (AvgIpc) is 2.42. The van der Waals surface area contributed by atoms with E-state index in [1.54, 1.807) is 0 Å². The molecule has 1 spiro atoms. The molecule has 1 aliphatic heterocycles. The van der Waals surface area contributed by atoms with E-state index >= 15 is 0 Å².